The van der Waals surface area contributed by atoms with Crippen molar-refractivity contribution < 1.29 is 73.2 Å². The van der Waals surface area contributed by atoms with Gasteiger partial charge in [-0.2, -0.15) is 0 Å². The van der Waals surface area contributed by atoms with Gasteiger partial charge < -0.3 is 76.4 Å². The molecule has 0 aromatic rings. The number of rotatable bonds is 15. The van der Waals surface area contributed by atoms with Crippen molar-refractivity contribution in [3.8, 4) is 0 Å². The summed E-state index contributed by atoms with van der Waals surface area (Å²) in [4.78, 5) is 152. The minimum absolute atomic E-state index is 0.0635. The summed E-state index contributed by atoms with van der Waals surface area (Å²) >= 11 is 0. The van der Waals surface area contributed by atoms with Gasteiger partial charge in [-0.15, -0.1) is 0 Å². The van der Waals surface area contributed by atoms with Crippen LogP contribution in [0.3, 0.4) is 0 Å². The summed E-state index contributed by atoms with van der Waals surface area (Å²) in [5, 5.41) is 53.5. The van der Waals surface area contributed by atoms with Crippen LogP contribution < -0.4 is 26.6 Å². The van der Waals surface area contributed by atoms with E-state index in [1.807, 2.05) is 0 Å². The van der Waals surface area contributed by atoms with Crippen LogP contribution in [-0.4, -0.2) is 247 Å². The van der Waals surface area contributed by atoms with Gasteiger partial charge in [-0.3, -0.25) is 52.7 Å². The Labute approximate surface area is 396 Å². The molecule has 7 saturated heterocycles. The van der Waals surface area contributed by atoms with E-state index in [9.17, 15) is 68.1 Å². The fourth-order valence-electron chi connectivity index (χ4n) is 10.8. The number of carboxylic acid groups (broad SMARTS) is 1. The molecule has 7 aliphatic rings. The zero-order chi connectivity index (χ0) is 49.7. The van der Waals surface area contributed by atoms with Crippen LogP contribution in [0.5, 0.6) is 0 Å². The SMILES string of the molecule is O=C(O)CNC(=O)[C@@H]1CCCN1C(=O)[C@@H]1C[C@@H](O)CN1C(=O)CNC(=O)[C@@H]1CCCN1C(=O)[C@@H]1C[C@@H](O)CN1C(=O)CNC(=O)[C@@H]1CCCN1C(=O)[C@@H]1C[C@@H](O)CN1C(=O)CNC(=O)[C@@H]1CCCN1. The molecular formula is C43H63N11O15. The molecular weight excluding hydrogens is 911 g/mol. The first kappa shape index (κ1) is 50.9. The molecule has 0 aromatic carbocycles. The van der Waals surface area contributed by atoms with Crippen LogP contribution in [-0.2, 0) is 52.7 Å². The molecule has 0 radical (unpaired) electrons. The van der Waals surface area contributed by atoms with Crippen molar-refractivity contribution in [1.29, 1.82) is 0 Å². The second kappa shape index (κ2) is 22.2. The number of nitrogens with one attached hydrogen (secondary N) is 5. The van der Waals surface area contributed by atoms with Crippen molar-refractivity contribution in [1.82, 2.24) is 56.0 Å². The molecule has 380 valence electrons. The second-order valence-corrected chi connectivity index (χ2v) is 18.8. The Bertz CT molecular complexity index is 2050. The van der Waals surface area contributed by atoms with Gasteiger partial charge in [0, 0.05) is 58.5 Å². The monoisotopic (exact) mass is 973 g/mol. The molecule has 0 bridgehead atoms. The number of likely N-dealkylation sites (tertiary alicyclic amines) is 6. The maximum absolute atomic E-state index is 14.1. The molecule has 10 atom stereocenters. The number of aliphatic hydroxyl groups excluding tert-OH is 3. The zero-order valence-corrected chi connectivity index (χ0v) is 38.3. The molecule has 0 spiro atoms. The van der Waals surface area contributed by atoms with Crippen molar-refractivity contribution in [3.05, 3.63) is 0 Å². The zero-order valence-electron chi connectivity index (χ0n) is 38.3. The van der Waals surface area contributed by atoms with E-state index in [1.165, 1.54) is 19.6 Å². The number of hydrogen-bond donors (Lipinski definition) is 9. The van der Waals surface area contributed by atoms with Crippen LogP contribution in [0.15, 0.2) is 0 Å². The second-order valence-electron chi connectivity index (χ2n) is 18.8. The van der Waals surface area contributed by atoms with Crippen molar-refractivity contribution in [2.24, 2.45) is 0 Å². The van der Waals surface area contributed by atoms with E-state index < -0.39 is 139 Å². The van der Waals surface area contributed by atoms with Gasteiger partial charge in [0.05, 0.1) is 44.0 Å². The number of amides is 10. The minimum Gasteiger partial charge on any atom is -0.480 e. The van der Waals surface area contributed by atoms with Gasteiger partial charge in [-0.25, -0.2) is 0 Å². The molecule has 7 fully saturated rings. The number of hydrogen-bond acceptors (Lipinski definition) is 15. The Morgan fingerprint density at radius 3 is 1.07 bits per heavy atom. The lowest BCUT2D eigenvalue weighted by atomic mass is 10.1. The highest BCUT2D eigenvalue weighted by Gasteiger charge is 2.48. The number of aliphatic hydroxyl groups is 3. The molecule has 26 nitrogen and oxygen atoms in total. The number of carboxylic acids is 1. The number of β-amino-alcohol motifs (C(OH)–C–C–N with tert-alkyl or cyclic N) is 3. The predicted octanol–water partition coefficient (Wildman–Crippen LogP) is -6.85. The van der Waals surface area contributed by atoms with Crippen LogP contribution in [0.1, 0.15) is 70.6 Å². The van der Waals surface area contributed by atoms with Gasteiger partial charge in [-0.05, 0) is 57.9 Å². The van der Waals surface area contributed by atoms with Gasteiger partial charge in [0.2, 0.25) is 59.1 Å². The highest BCUT2D eigenvalue weighted by Crippen LogP contribution is 2.29. The van der Waals surface area contributed by atoms with E-state index >= 15 is 0 Å². The summed E-state index contributed by atoms with van der Waals surface area (Å²) in [5.74, 6) is -7.34. The van der Waals surface area contributed by atoms with E-state index in [-0.39, 0.29) is 90.2 Å². The summed E-state index contributed by atoms with van der Waals surface area (Å²) in [7, 11) is 0. The van der Waals surface area contributed by atoms with E-state index in [2.05, 4.69) is 26.6 Å². The predicted molar refractivity (Wildman–Crippen MR) is 233 cm³/mol. The molecule has 0 aliphatic carbocycles. The highest BCUT2D eigenvalue weighted by atomic mass is 16.4. The molecule has 0 aromatic heterocycles. The fourth-order valence-corrected chi connectivity index (χ4v) is 10.8. The van der Waals surface area contributed by atoms with Crippen molar-refractivity contribution in [3.63, 3.8) is 0 Å². The lowest BCUT2D eigenvalue weighted by Gasteiger charge is -2.32. The van der Waals surface area contributed by atoms with Gasteiger partial charge in [-0.1, -0.05) is 0 Å². The summed E-state index contributed by atoms with van der Waals surface area (Å²) in [6.45, 7) is -1.61. The smallest absolute Gasteiger partial charge is 0.322 e. The third-order valence-corrected chi connectivity index (χ3v) is 14.2. The molecule has 7 aliphatic heterocycles. The van der Waals surface area contributed by atoms with E-state index in [0.29, 0.717) is 32.2 Å². The topological polar surface area (TPSA) is 348 Å². The first-order valence-corrected chi connectivity index (χ1v) is 23.8. The minimum atomic E-state index is -1.26. The molecule has 0 unspecified atom stereocenters. The summed E-state index contributed by atoms with van der Waals surface area (Å²) in [6, 6.07) is -6.85. The molecule has 0 saturated carbocycles. The maximum atomic E-state index is 14.1. The van der Waals surface area contributed by atoms with Crippen LogP contribution in [0.2, 0.25) is 0 Å². The van der Waals surface area contributed by atoms with Gasteiger partial charge in [0.25, 0.3) is 0 Å². The van der Waals surface area contributed by atoms with E-state index in [4.69, 9.17) is 5.11 Å². The van der Waals surface area contributed by atoms with Crippen LogP contribution >= 0.6 is 0 Å². The Hall–Kier alpha value is -5.99. The van der Waals surface area contributed by atoms with Gasteiger partial charge in [0.15, 0.2) is 0 Å². The average molecular weight is 974 g/mol. The first-order valence-electron chi connectivity index (χ1n) is 23.8. The lowest BCUT2D eigenvalue weighted by Crippen LogP contribution is -2.56. The van der Waals surface area contributed by atoms with Crippen molar-refractivity contribution >= 4 is 65.0 Å². The number of aliphatic carboxylic acids is 1. The number of nitrogens with zero attached hydrogens (tertiary/aromatic N) is 6. The third-order valence-electron chi connectivity index (χ3n) is 14.2. The molecule has 10 amide bonds. The van der Waals surface area contributed by atoms with E-state index in [0.717, 1.165) is 16.2 Å². The van der Waals surface area contributed by atoms with Gasteiger partial charge >= 0.3 is 5.97 Å². The summed E-state index contributed by atoms with van der Waals surface area (Å²) in [5.41, 5.74) is 0. The van der Waals surface area contributed by atoms with Crippen molar-refractivity contribution in [2.45, 2.75) is 131 Å². The third kappa shape index (κ3) is 11.6. The average Bonchev–Trinajstić information content (AvgIpc) is 4.19. The van der Waals surface area contributed by atoms with Crippen LogP contribution in [0, 0.1) is 0 Å². The summed E-state index contributed by atoms with van der Waals surface area (Å²) < 4.78 is 0. The van der Waals surface area contributed by atoms with E-state index in [1.54, 1.807) is 0 Å². The molecule has 7 rings (SSSR count). The Kier molecular flexibility index (Phi) is 16.4. The van der Waals surface area contributed by atoms with Crippen LogP contribution in [0.25, 0.3) is 0 Å². The molecule has 9 N–H and O–H groups in total. The van der Waals surface area contributed by atoms with Crippen molar-refractivity contribution in [2.75, 3.05) is 72.0 Å². The molecule has 7 heterocycles. The number of carbonyl (C=O) groups is 11. The largest absolute Gasteiger partial charge is 0.480 e. The van der Waals surface area contributed by atoms with Gasteiger partial charge in [0.1, 0.15) is 42.8 Å². The quantitative estimate of drug-likeness (QED) is 0.0737. The van der Waals surface area contributed by atoms with Crippen LogP contribution in [0.4, 0.5) is 0 Å². The highest BCUT2D eigenvalue weighted by molar-refractivity contribution is 5.98. The number of carbonyl (C=O) groups excluding carboxylic acids is 10. The maximum Gasteiger partial charge on any atom is 0.322 e. The standard InChI is InChI=1S/C43H63N11O15/c55-23-13-30(52(20-23)33(58)16-45-37(63)26-5-1-9-44-26)41(67)49-10-2-6-27(49)38(64)46-17-34(59)53-21-24(56)14-31(53)42(68)50-11-3-7-28(50)39(65)47-18-35(60)54-22-25(57)15-32(54)43(69)51-12-4-8-29(51)40(66)48-19-36(61)62/h23-32,44,55-57H,1-22H2,(H,45,63)(H,46,64)(H,47,65)(H,48,66)(H,61,62)/t23-,24-,25-,26+,27+,28+,29+,30+,31+,32+/m1/s1. The molecule has 69 heavy (non-hydrogen) atoms. The Balaban J connectivity index is 0.900. The Morgan fingerprint density at radius 1 is 0.420 bits per heavy atom. The first-order chi connectivity index (χ1) is 32.9. The molecule has 26 heteroatoms. The Morgan fingerprint density at radius 2 is 0.754 bits per heavy atom. The summed E-state index contributed by atoms with van der Waals surface area (Å²) in [6.07, 6.45) is 0.00682. The normalized spacial score (nSPS) is 29.9. The fraction of sp³-hybridized carbons (Fsp3) is 0.744. The lowest BCUT2D eigenvalue weighted by molar-refractivity contribution is -0.148.